The Morgan fingerprint density at radius 3 is 2.70 bits per heavy atom. The molecular weight excluding hydrogens is 382 g/mol. The van der Waals surface area contributed by atoms with Crippen molar-refractivity contribution >= 4 is 5.91 Å². The van der Waals surface area contributed by atoms with Crippen LogP contribution in [0.3, 0.4) is 0 Å². The molecule has 1 fully saturated rings. The number of carbonyl (C=O) groups excluding carboxylic acids is 1. The van der Waals surface area contributed by atoms with Crippen molar-refractivity contribution in [1.29, 1.82) is 0 Å². The minimum absolute atomic E-state index is 0.0435. The molecule has 1 atom stereocenters. The van der Waals surface area contributed by atoms with Gasteiger partial charge in [-0.05, 0) is 35.0 Å². The summed E-state index contributed by atoms with van der Waals surface area (Å²) >= 11 is 0. The van der Waals surface area contributed by atoms with Gasteiger partial charge in [0.15, 0.2) is 5.82 Å². The number of ether oxygens (including phenoxy) is 1. The lowest BCUT2D eigenvalue weighted by Crippen LogP contribution is -2.41. The molecule has 1 aliphatic rings. The van der Waals surface area contributed by atoms with Crippen molar-refractivity contribution in [1.82, 2.24) is 35.4 Å². The Balaban J connectivity index is 1.50. The number of benzene rings is 1. The number of amides is 1. The quantitative estimate of drug-likeness (QED) is 0.627. The van der Waals surface area contributed by atoms with Gasteiger partial charge >= 0.3 is 0 Å². The zero-order chi connectivity index (χ0) is 20.8. The second-order valence-electron chi connectivity index (χ2n) is 7.20. The molecule has 0 spiro atoms. The number of carbonyl (C=O) groups is 1. The normalized spacial score (nSPS) is 15.6. The second-order valence-corrected chi connectivity index (χ2v) is 7.20. The Hall–Kier alpha value is -3.17. The first kappa shape index (κ1) is 20.1. The summed E-state index contributed by atoms with van der Waals surface area (Å²) in [5.74, 6) is 0.479. The highest BCUT2D eigenvalue weighted by Crippen LogP contribution is 2.27. The SMILES string of the molecule is Cc1cccc(CNC(=O)Cn2nnnc2[C@H](c2ccccc2)N2CCOCC2)n1. The topological polar surface area (TPSA) is 98.1 Å². The van der Waals surface area contributed by atoms with Crippen molar-refractivity contribution in [3.63, 3.8) is 0 Å². The maximum Gasteiger partial charge on any atom is 0.242 e. The third-order valence-corrected chi connectivity index (χ3v) is 5.04. The Morgan fingerprint density at radius 1 is 1.13 bits per heavy atom. The van der Waals surface area contributed by atoms with E-state index in [2.05, 4.69) is 42.9 Å². The molecule has 156 valence electrons. The van der Waals surface area contributed by atoms with Gasteiger partial charge in [-0.25, -0.2) is 4.68 Å². The Labute approximate surface area is 175 Å². The fraction of sp³-hybridized carbons (Fsp3) is 0.381. The van der Waals surface area contributed by atoms with Crippen LogP contribution in [0.4, 0.5) is 0 Å². The van der Waals surface area contributed by atoms with Crippen LogP contribution in [0.5, 0.6) is 0 Å². The summed E-state index contributed by atoms with van der Waals surface area (Å²) < 4.78 is 7.09. The van der Waals surface area contributed by atoms with Gasteiger partial charge in [-0.3, -0.25) is 14.7 Å². The summed E-state index contributed by atoms with van der Waals surface area (Å²) in [6.45, 7) is 5.21. The fourth-order valence-electron chi connectivity index (χ4n) is 3.59. The lowest BCUT2D eigenvalue weighted by Gasteiger charge is -2.33. The molecule has 1 saturated heterocycles. The zero-order valence-electron chi connectivity index (χ0n) is 16.9. The average molecular weight is 407 g/mol. The summed E-state index contributed by atoms with van der Waals surface area (Å²) in [6, 6.07) is 15.7. The highest BCUT2D eigenvalue weighted by Gasteiger charge is 2.29. The van der Waals surface area contributed by atoms with Crippen LogP contribution in [0, 0.1) is 6.92 Å². The van der Waals surface area contributed by atoms with Crippen LogP contribution in [0.25, 0.3) is 0 Å². The molecule has 0 bridgehead atoms. The molecule has 1 N–H and O–H groups in total. The van der Waals surface area contributed by atoms with E-state index < -0.39 is 0 Å². The number of rotatable bonds is 7. The predicted molar refractivity (Wildman–Crippen MR) is 109 cm³/mol. The van der Waals surface area contributed by atoms with Gasteiger partial charge < -0.3 is 10.1 Å². The highest BCUT2D eigenvalue weighted by molar-refractivity contribution is 5.75. The molecule has 9 nitrogen and oxygen atoms in total. The van der Waals surface area contributed by atoms with Gasteiger partial charge in [0.25, 0.3) is 0 Å². The number of hydrogen-bond donors (Lipinski definition) is 1. The van der Waals surface area contributed by atoms with E-state index >= 15 is 0 Å². The molecule has 9 heteroatoms. The molecule has 0 unspecified atom stereocenters. The minimum Gasteiger partial charge on any atom is -0.379 e. The number of nitrogens with one attached hydrogen (secondary N) is 1. The molecular formula is C21H25N7O2. The third-order valence-electron chi connectivity index (χ3n) is 5.04. The maximum atomic E-state index is 12.6. The predicted octanol–water partition coefficient (Wildman–Crippen LogP) is 1.11. The zero-order valence-corrected chi connectivity index (χ0v) is 16.9. The first-order valence-corrected chi connectivity index (χ1v) is 10.0. The number of nitrogens with zero attached hydrogens (tertiary/aromatic N) is 6. The van der Waals surface area contributed by atoms with E-state index in [1.54, 1.807) is 4.68 Å². The van der Waals surface area contributed by atoms with Gasteiger partial charge in [-0.1, -0.05) is 36.4 Å². The number of pyridine rings is 1. The molecule has 1 amide bonds. The van der Waals surface area contributed by atoms with E-state index in [-0.39, 0.29) is 18.5 Å². The third kappa shape index (κ3) is 4.87. The van der Waals surface area contributed by atoms with Crippen LogP contribution in [0.2, 0.25) is 0 Å². The minimum atomic E-state index is -0.166. The van der Waals surface area contributed by atoms with E-state index in [1.165, 1.54) is 0 Å². The fourth-order valence-corrected chi connectivity index (χ4v) is 3.59. The smallest absolute Gasteiger partial charge is 0.242 e. The van der Waals surface area contributed by atoms with Crippen LogP contribution in [-0.2, 0) is 22.6 Å². The lowest BCUT2D eigenvalue weighted by molar-refractivity contribution is -0.122. The molecule has 0 aliphatic carbocycles. The van der Waals surface area contributed by atoms with Gasteiger partial charge in [-0.2, -0.15) is 0 Å². The molecule has 1 aliphatic heterocycles. The van der Waals surface area contributed by atoms with Crippen LogP contribution in [0.15, 0.2) is 48.5 Å². The van der Waals surface area contributed by atoms with Crippen molar-refractivity contribution in [2.45, 2.75) is 26.1 Å². The standard InChI is InChI=1S/C21H25N7O2/c1-16-6-5-9-18(23-16)14-22-19(29)15-28-21(24-25-26-28)20(17-7-3-2-4-8-17)27-10-12-30-13-11-27/h2-9,20H,10-15H2,1H3,(H,22,29)/t20-/m0/s1. The number of hydrogen-bond acceptors (Lipinski definition) is 7. The Bertz CT molecular complexity index is 970. The molecule has 2 aromatic heterocycles. The molecule has 1 aromatic carbocycles. The second kappa shape index (κ2) is 9.55. The van der Waals surface area contributed by atoms with E-state index in [9.17, 15) is 4.79 Å². The van der Waals surface area contributed by atoms with Crippen molar-refractivity contribution in [3.8, 4) is 0 Å². The van der Waals surface area contributed by atoms with Gasteiger partial charge in [-0.15, -0.1) is 5.10 Å². The monoisotopic (exact) mass is 407 g/mol. The summed E-state index contributed by atoms with van der Waals surface area (Å²) in [7, 11) is 0. The molecule has 4 rings (SSSR count). The molecule has 3 heterocycles. The summed E-state index contributed by atoms with van der Waals surface area (Å²) in [6.07, 6.45) is 0. The lowest BCUT2D eigenvalue weighted by atomic mass is 10.0. The molecule has 0 radical (unpaired) electrons. The molecule has 30 heavy (non-hydrogen) atoms. The first-order valence-electron chi connectivity index (χ1n) is 10.0. The number of morpholine rings is 1. The maximum absolute atomic E-state index is 12.6. The Kier molecular flexibility index (Phi) is 6.41. The largest absolute Gasteiger partial charge is 0.379 e. The number of aryl methyl sites for hydroxylation is 1. The average Bonchev–Trinajstić information content (AvgIpc) is 3.22. The van der Waals surface area contributed by atoms with Crippen molar-refractivity contribution in [2.75, 3.05) is 26.3 Å². The molecule has 3 aromatic rings. The van der Waals surface area contributed by atoms with Crippen molar-refractivity contribution in [2.24, 2.45) is 0 Å². The summed E-state index contributed by atoms with van der Waals surface area (Å²) in [5.41, 5.74) is 2.82. The van der Waals surface area contributed by atoms with E-state index in [0.29, 0.717) is 25.6 Å². The summed E-state index contributed by atoms with van der Waals surface area (Å²) in [5, 5.41) is 15.1. The number of tetrazole rings is 1. The first-order chi connectivity index (χ1) is 14.7. The van der Waals surface area contributed by atoms with E-state index in [0.717, 1.165) is 30.0 Å². The van der Waals surface area contributed by atoms with Crippen LogP contribution in [0.1, 0.15) is 28.8 Å². The van der Waals surface area contributed by atoms with E-state index in [1.807, 2.05) is 43.3 Å². The molecule has 0 saturated carbocycles. The van der Waals surface area contributed by atoms with Gasteiger partial charge in [0.2, 0.25) is 5.91 Å². The van der Waals surface area contributed by atoms with Crippen molar-refractivity contribution < 1.29 is 9.53 Å². The number of aromatic nitrogens is 5. The van der Waals surface area contributed by atoms with Crippen LogP contribution < -0.4 is 5.32 Å². The highest BCUT2D eigenvalue weighted by atomic mass is 16.5. The van der Waals surface area contributed by atoms with Gasteiger partial charge in [0.05, 0.1) is 31.5 Å². The summed E-state index contributed by atoms with van der Waals surface area (Å²) in [4.78, 5) is 19.3. The van der Waals surface area contributed by atoms with Gasteiger partial charge in [0.1, 0.15) is 6.54 Å². The van der Waals surface area contributed by atoms with Crippen LogP contribution >= 0.6 is 0 Å². The van der Waals surface area contributed by atoms with Gasteiger partial charge in [0, 0.05) is 18.8 Å². The van der Waals surface area contributed by atoms with Crippen LogP contribution in [-0.4, -0.2) is 62.3 Å². The van der Waals surface area contributed by atoms with Crippen molar-refractivity contribution in [3.05, 3.63) is 71.3 Å². The Morgan fingerprint density at radius 2 is 1.93 bits per heavy atom. The van der Waals surface area contributed by atoms with E-state index in [4.69, 9.17) is 4.74 Å².